The molecule has 2 aromatic carbocycles. The number of unbranched alkanes of at least 4 members (excludes halogenated alkanes) is 1. The van der Waals surface area contributed by atoms with Gasteiger partial charge in [-0.1, -0.05) is 55.5 Å². The molecule has 1 aromatic heterocycles. The van der Waals surface area contributed by atoms with Gasteiger partial charge in [0.1, 0.15) is 10.0 Å². The molecule has 1 fully saturated rings. The summed E-state index contributed by atoms with van der Waals surface area (Å²) in [4.78, 5) is 15.2. The maximum absolute atomic E-state index is 14.6. The minimum absolute atomic E-state index is 0.102. The Balaban J connectivity index is 1.77. The first-order valence-electron chi connectivity index (χ1n) is 10.8. The molecule has 0 spiro atoms. The maximum atomic E-state index is 14.6. The van der Waals surface area contributed by atoms with Crippen LogP contribution < -0.4 is 4.74 Å². The van der Waals surface area contributed by atoms with Crippen LogP contribution in [0.25, 0.3) is 23.0 Å². The van der Waals surface area contributed by atoms with E-state index in [1.807, 2.05) is 43.5 Å². The third kappa shape index (κ3) is 5.02. The molecule has 1 aliphatic heterocycles. The molecule has 1 amide bonds. The summed E-state index contributed by atoms with van der Waals surface area (Å²) in [6.45, 7) is 4.88. The lowest BCUT2D eigenvalue weighted by atomic mass is 10.1. The van der Waals surface area contributed by atoms with E-state index in [-0.39, 0.29) is 11.7 Å². The van der Waals surface area contributed by atoms with Gasteiger partial charge in [0, 0.05) is 23.9 Å². The molecular formula is C25H24FN3O2S2. The van der Waals surface area contributed by atoms with Crippen LogP contribution in [0.4, 0.5) is 4.39 Å². The number of hydrogen-bond donors (Lipinski definition) is 0. The lowest BCUT2D eigenvalue weighted by Crippen LogP contribution is -2.28. The average Bonchev–Trinajstić information content (AvgIpc) is 3.35. The van der Waals surface area contributed by atoms with Crippen LogP contribution in [0.15, 0.2) is 59.6 Å². The van der Waals surface area contributed by atoms with Crippen LogP contribution in [-0.4, -0.2) is 38.1 Å². The van der Waals surface area contributed by atoms with Crippen molar-refractivity contribution in [1.82, 2.24) is 14.7 Å². The molecular weight excluding hydrogens is 457 g/mol. The van der Waals surface area contributed by atoms with Crippen molar-refractivity contribution in [2.45, 2.75) is 26.7 Å². The second kappa shape index (κ2) is 10.3. The number of para-hydroxylation sites is 1. The number of amides is 1. The minimum Gasteiger partial charge on any atom is -0.491 e. The van der Waals surface area contributed by atoms with Crippen LogP contribution in [-0.2, 0) is 4.79 Å². The summed E-state index contributed by atoms with van der Waals surface area (Å²) < 4.78 is 22.2. The van der Waals surface area contributed by atoms with Gasteiger partial charge in [0.25, 0.3) is 5.91 Å². The molecule has 0 N–H and O–H groups in total. The number of benzene rings is 2. The number of hydrogen-bond acceptors (Lipinski definition) is 5. The van der Waals surface area contributed by atoms with E-state index in [2.05, 4.69) is 6.92 Å². The Morgan fingerprint density at radius 3 is 2.67 bits per heavy atom. The molecule has 4 rings (SSSR count). The first-order chi connectivity index (χ1) is 16.0. The SMILES string of the molecule is CCCCN1C(=O)C(=Cc2cn(-c3ccccc3)nc2-c2ccc(OCC)c(F)c2)SC1=S. The zero-order valence-corrected chi connectivity index (χ0v) is 20.1. The van der Waals surface area contributed by atoms with Gasteiger partial charge in [-0.15, -0.1) is 0 Å². The number of thiocarbonyl (C=S) groups is 1. The smallest absolute Gasteiger partial charge is 0.266 e. The van der Waals surface area contributed by atoms with E-state index < -0.39 is 5.82 Å². The third-order valence-electron chi connectivity index (χ3n) is 5.16. The Kier molecular flexibility index (Phi) is 7.25. The third-order valence-corrected chi connectivity index (χ3v) is 6.54. The number of thioether (sulfide) groups is 1. The van der Waals surface area contributed by atoms with Crippen LogP contribution in [0.5, 0.6) is 5.75 Å². The van der Waals surface area contributed by atoms with Gasteiger partial charge in [-0.2, -0.15) is 5.10 Å². The van der Waals surface area contributed by atoms with Crippen molar-refractivity contribution in [1.29, 1.82) is 0 Å². The minimum atomic E-state index is -0.458. The van der Waals surface area contributed by atoms with E-state index in [1.165, 1.54) is 17.8 Å². The van der Waals surface area contributed by atoms with Crippen molar-refractivity contribution in [2.75, 3.05) is 13.2 Å². The van der Waals surface area contributed by atoms with Crippen molar-refractivity contribution >= 4 is 40.3 Å². The van der Waals surface area contributed by atoms with Gasteiger partial charge < -0.3 is 4.74 Å². The number of carbonyl (C=O) groups is 1. The molecule has 2 heterocycles. The largest absolute Gasteiger partial charge is 0.491 e. The molecule has 33 heavy (non-hydrogen) atoms. The Hall–Kier alpha value is -2.97. The fraction of sp³-hybridized carbons (Fsp3) is 0.240. The van der Waals surface area contributed by atoms with E-state index >= 15 is 0 Å². The second-order valence-electron chi connectivity index (χ2n) is 7.48. The van der Waals surface area contributed by atoms with E-state index in [4.69, 9.17) is 22.1 Å². The highest BCUT2D eigenvalue weighted by atomic mass is 32.2. The second-order valence-corrected chi connectivity index (χ2v) is 9.15. The van der Waals surface area contributed by atoms with Crippen LogP contribution in [0.1, 0.15) is 32.3 Å². The van der Waals surface area contributed by atoms with Gasteiger partial charge in [-0.05, 0) is 49.8 Å². The predicted octanol–water partition coefficient (Wildman–Crippen LogP) is 6.08. The monoisotopic (exact) mass is 481 g/mol. The van der Waals surface area contributed by atoms with Crippen molar-refractivity contribution in [3.05, 3.63) is 71.0 Å². The fourth-order valence-corrected chi connectivity index (χ4v) is 4.80. The van der Waals surface area contributed by atoms with E-state index in [9.17, 15) is 9.18 Å². The number of nitrogens with zero attached hydrogens (tertiary/aromatic N) is 3. The molecule has 8 heteroatoms. The summed E-state index contributed by atoms with van der Waals surface area (Å²) in [7, 11) is 0. The van der Waals surface area contributed by atoms with Gasteiger partial charge in [-0.3, -0.25) is 9.69 Å². The van der Waals surface area contributed by atoms with Crippen molar-refractivity contribution in [3.8, 4) is 22.7 Å². The van der Waals surface area contributed by atoms with E-state index in [0.29, 0.717) is 39.2 Å². The van der Waals surface area contributed by atoms with Crippen LogP contribution in [0.3, 0.4) is 0 Å². The molecule has 3 aromatic rings. The van der Waals surface area contributed by atoms with Crippen molar-refractivity contribution < 1.29 is 13.9 Å². The average molecular weight is 482 g/mol. The number of rotatable bonds is 8. The predicted molar refractivity (Wildman–Crippen MR) is 135 cm³/mol. The highest BCUT2D eigenvalue weighted by Crippen LogP contribution is 2.35. The Morgan fingerprint density at radius 2 is 1.97 bits per heavy atom. The van der Waals surface area contributed by atoms with Crippen LogP contribution in [0, 0.1) is 5.82 Å². The molecule has 0 unspecified atom stereocenters. The lowest BCUT2D eigenvalue weighted by Gasteiger charge is -2.12. The quantitative estimate of drug-likeness (QED) is 0.288. The first-order valence-corrected chi connectivity index (χ1v) is 12.1. The first kappa shape index (κ1) is 23.2. The number of carbonyl (C=O) groups excluding carboxylic acids is 1. The summed E-state index contributed by atoms with van der Waals surface area (Å²) in [5.74, 6) is -0.364. The summed E-state index contributed by atoms with van der Waals surface area (Å²) in [6.07, 6.45) is 5.51. The highest BCUT2D eigenvalue weighted by molar-refractivity contribution is 8.26. The van der Waals surface area contributed by atoms with Crippen molar-refractivity contribution in [2.24, 2.45) is 0 Å². The zero-order chi connectivity index (χ0) is 23.4. The Morgan fingerprint density at radius 1 is 1.18 bits per heavy atom. The van der Waals surface area contributed by atoms with Gasteiger partial charge in [0.15, 0.2) is 11.6 Å². The Labute approximate surface area is 202 Å². The standard InChI is InChI=1S/C25H24FN3O2S2/c1-3-5-13-28-24(30)22(33-25(28)32)15-18-16-29(19-9-7-6-8-10-19)27-23(18)17-11-12-21(31-4-2)20(26)14-17/h6-12,14-16H,3-5,13H2,1-2H3. The molecule has 1 aliphatic rings. The fourth-order valence-electron chi connectivity index (χ4n) is 3.50. The summed E-state index contributed by atoms with van der Waals surface area (Å²) >= 11 is 6.72. The number of halogens is 1. The lowest BCUT2D eigenvalue weighted by molar-refractivity contribution is -0.122. The Bertz CT molecular complexity index is 1210. The summed E-state index contributed by atoms with van der Waals surface area (Å²) in [5.41, 5.74) is 2.73. The van der Waals surface area contributed by atoms with Gasteiger partial charge in [0.2, 0.25) is 0 Å². The van der Waals surface area contributed by atoms with Crippen LogP contribution >= 0.6 is 24.0 Å². The zero-order valence-electron chi connectivity index (χ0n) is 18.5. The number of ether oxygens (including phenoxy) is 1. The molecule has 0 atom stereocenters. The van der Waals surface area contributed by atoms with Crippen molar-refractivity contribution in [3.63, 3.8) is 0 Å². The maximum Gasteiger partial charge on any atom is 0.266 e. The van der Waals surface area contributed by atoms with E-state index in [0.717, 1.165) is 18.5 Å². The molecule has 1 saturated heterocycles. The van der Waals surface area contributed by atoms with Gasteiger partial charge >= 0.3 is 0 Å². The van der Waals surface area contributed by atoms with Crippen LogP contribution in [0.2, 0.25) is 0 Å². The molecule has 0 bridgehead atoms. The molecule has 0 aliphatic carbocycles. The number of aromatic nitrogens is 2. The van der Waals surface area contributed by atoms with Gasteiger partial charge in [-0.25, -0.2) is 9.07 Å². The molecule has 0 radical (unpaired) electrons. The summed E-state index contributed by atoms with van der Waals surface area (Å²) in [6, 6.07) is 14.4. The highest BCUT2D eigenvalue weighted by Gasteiger charge is 2.32. The van der Waals surface area contributed by atoms with E-state index in [1.54, 1.807) is 27.8 Å². The topological polar surface area (TPSA) is 47.4 Å². The molecule has 0 saturated carbocycles. The normalized spacial score (nSPS) is 15.0. The summed E-state index contributed by atoms with van der Waals surface area (Å²) in [5, 5.41) is 4.72. The molecule has 170 valence electrons. The molecule has 5 nitrogen and oxygen atoms in total. The van der Waals surface area contributed by atoms with Gasteiger partial charge in [0.05, 0.1) is 17.2 Å².